The van der Waals surface area contributed by atoms with E-state index in [0.717, 1.165) is 12.3 Å². The van der Waals surface area contributed by atoms with Gasteiger partial charge < -0.3 is 10.4 Å². The molecule has 1 fully saturated rings. The van der Waals surface area contributed by atoms with Crippen LogP contribution in [0.2, 0.25) is 0 Å². The topological polar surface area (TPSA) is 66.4 Å². The SMILES string of the molecule is CSCCNC1CS(=O)(=O)CC1O. The Morgan fingerprint density at radius 1 is 1.54 bits per heavy atom. The predicted molar refractivity (Wildman–Crippen MR) is 54.8 cm³/mol. The highest BCUT2D eigenvalue weighted by Gasteiger charge is 2.35. The van der Waals surface area contributed by atoms with Crippen LogP contribution in [0.4, 0.5) is 0 Å². The molecule has 0 spiro atoms. The number of thioether (sulfide) groups is 1. The normalized spacial score (nSPS) is 32.2. The molecule has 0 bridgehead atoms. The third-order valence-electron chi connectivity index (χ3n) is 2.04. The van der Waals surface area contributed by atoms with E-state index in [9.17, 15) is 13.5 Å². The molecular formula is C7H15NO3S2. The summed E-state index contributed by atoms with van der Waals surface area (Å²) in [6.07, 6.45) is 1.26. The molecule has 78 valence electrons. The van der Waals surface area contributed by atoms with E-state index in [2.05, 4.69) is 5.32 Å². The molecule has 13 heavy (non-hydrogen) atoms. The van der Waals surface area contributed by atoms with Crippen LogP contribution in [0.5, 0.6) is 0 Å². The van der Waals surface area contributed by atoms with E-state index < -0.39 is 15.9 Å². The van der Waals surface area contributed by atoms with Crippen molar-refractivity contribution >= 4 is 21.6 Å². The fraction of sp³-hybridized carbons (Fsp3) is 1.00. The van der Waals surface area contributed by atoms with Crippen LogP contribution in [0.15, 0.2) is 0 Å². The summed E-state index contributed by atoms with van der Waals surface area (Å²) in [6.45, 7) is 0.748. The Labute approximate surface area is 83.0 Å². The third-order valence-corrected chi connectivity index (χ3v) is 4.36. The molecule has 1 aliphatic heterocycles. The van der Waals surface area contributed by atoms with E-state index in [0.29, 0.717) is 0 Å². The summed E-state index contributed by atoms with van der Waals surface area (Å²) in [5, 5.41) is 12.4. The van der Waals surface area contributed by atoms with Crippen molar-refractivity contribution < 1.29 is 13.5 Å². The van der Waals surface area contributed by atoms with Crippen LogP contribution >= 0.6 is 11.8 Å². The molecule has 0 aliphatic carbocycles. The molecule has 1 rings (SSSR count). The van der Waals surface area contributed by atoms with Gasteiger partial charge in [-0.3, -0.25) is 0 Å². The number of rotatable bonds is 4. The summed E-state index contributed by atoms with van der Waals surface area (Å²) in [4.78, 5) is 0. The van der Waals surface area contributed by atoms with Crippen molar-refractivity contribution in [1.29, 1.82) is 0 Å². The van der Waals surface area contributed by atoms with Gasteiger partial charge in [-0.1, -0.05) is 0 Å². The van der Waals surface area contributed by atoms with E-state index in [1.54, 1.807) is 11.8 Å². The largest absolute Gasteiger partial charge is 0.390 e. The lowest BCUT2D eigenvalue weighted by atomic mass is 10.2. The minimum absolute atomic E-state index is 0.0720. The highest BCUT2D eigenvalue weighted by atomic mass is 32.2. The van der Waals surface area contributed by atoms with Gasteiger partial charge in [0.25, 0.3) is 0 Å². The van der Waals surface area contributed by atoms with Crippen molar-refractivity contribution in [1.82, 2.24) is 5.32 Å². The van der Waals surface area contributed by atoms with Crippen molar-refractivity contribution in [2.24, 2.45) is 0 Å². The molecule has 0 radical (unpaired) electrons. The third kappa shape index (κ3) is 3.46. The summed E-state index contributed by atoms with van der Waals surface area (Å²) in [6, 6.07) is -0.267. The maximum Gasteiger partial charge on any atom is 0.154 e. The van der Waals surface area contributed by atoms with Crippen LogP contribution in [0.3, 0.4) is 0 Å². The van der Waals surface area contributed by atoms with Crippen LogP contribution < -0.4 is 5.32 Å². The van der Waals surface area contributed by atoms with Gasteiger partial charge in [-0.05, 0) is 6.26 Å². The van der Waals surface area contributed by atoms with Gasteiger partial charge in [0.1, 0.15) is 0 Å². The fourth-order valence-electron chi connectivity index (χ4n) is 1.37. The van der Waals surface area contributed by atoms with E-state index >= 15 is 0 Å². The first-order chi connectivity index (χ1) is 6.05. The van der Waals surface area contributed by atoms with Crippen LogP contribution in [0.25, 0.3) is 0 Å². The zero-order valence-corrected chi connectivity index (χ0v) is 9.20. The minimum Gasteiger partial charge on any atom is -0.390 e. The quantitative estimate of drug-likeness (QED) is 0.607. The van der Waals surface area contributed by atoms with E-state index in [1.807, 2.05) is 6.26 Å². The molecule has 0 amide bonds. The molecule has 4 nitrogen and oxygen atoms in total. The van der Waals surface area contributed by atoms with Crippen LogP contribution in [0.1, 0.15) is 0 Å². The Hall–Kier alpha value is 0.220. The van der Waals surface area contributed by atoms with Gasteiger partial charge in [0.05, 0.1) is 17.6 Å². The first-order valence-electron chi connectivity index (χ1n) is 4.16. The molecule has 1 aliphatic rings. The molecule has 0 aromatic heterocycles. The molecule has 0 aromatic rings. The molecule has 1 saturated heterocycles. The number of nitrogens with one attached hydrogen (secondary N) is 1. The van der Waals surface area contributed by atoms with Crippen LogP contribution in [0, 0.1) is 0 Å². The highest BCUT2D eigenvalue weighted by molar-refractivity contribution is 7.98. The molecule has 0 saturated carbocycles. The highest BCUT2D eigenvalue weighted by Crippen LogP contribution is 2.12. The Bertz CT molecular complexity index is 252. The van der Waals surface area contributed by atoms with Crippen LogP contribution in [-0.2, 0) is 9.84 Å². The smallest absolute Gasteiger partial charge is 0.154 e. The summed E-state index contributed by atoms with van der Waals surface area (Å²) in [7, 11) is -3.00. The molecule has 1 heterocycles. The Morgan fingerprint density at radius 2 is 2.23 bits per heavy atom. The number of sulfone groups is 1. The van der Waals surface area contributed by atoms with E-state index in [-0.39, 0.29) is 17.5 Å². The molecule has 2 N–H and O–H groups in total. The van der Waals surface area contributed by atoms with Crippen molar-refractivity contribution in [2.75, 3.05) is 30.1 Å². The lowest BCUT2D eigenvalue weighted by molar-refractivity contribution is 0.167. The van der Waals surface area contributed by atoms with E-state index in [1.165, 1.54) is 0 Å². The van der Waals surface area contributed by atoms with E-state index in [4.69, 9.17) is 0 Å². The number of aliphatic hydroxyl groups is 1. The second-order valence-corrected chi connectivity index (χ2v) is 6.34. The van der Waals surface area contributed by atoms with Crippen molar-refractivity contribution in [3.63, 3.8) is 0 Å². The lowest BCUT2D eigenvalue weighted by Gasteiger charge is -2.13. The van der Waals surface area contributed by atoms with Crippen molar-refractivity contribution in [3.8, 4) is 0 Å². The predicted octanol–water partition coefficient (Wildman–Crippen LogP) is -0.903. The second-order valence-electron chi connectivity index (χ2n) is 3.20. The monoisotopic (exact) mass is 225 g/mol. The summed E-state index contributed by atoms with van der Waals surface area (Å²) < 4.78 is 22.2. The van der Waals surface area contributed by atoms with Crippen molar-refractivity contribution in [2.45, 2.75) is 12.1 Å². The zero-order chi connectivity index (χ0) is 9.90. The van der Waals surface area contributed by atoms with Gasteiger partial charge in [-0.15, -0.1) is 0 Å². The summed E-state index contributed by atoms with van der Waals surface area (Å²) in [5.74, 6) is 0.912. The average molecular weight is 225 g/mol. The number of aliphatic hydroxyl groups excluding tert-OH is 1. The number of hydrogen-bond acceptors (Lipinski definition) is 5. The molecule has 2 atom stereocenters. The van der Waals surface area contributed by atoms with Gasteiger partial charge in [0.15, 0.2) is 9.84 Å². The molecule has 0 aromatic carbocycles. The van der Waals surface area contributed by atoms with Gasteiger partial charge >= 0.3 is 0 Å². The Morgan fingerprint density at radius 3 is 2.69 bits per heavy atom. The Kier molecular flexibility index (Phi) is 4.03. The first kappa shape index (κ1) is 11.3. The lowest BCUT2D eigenvalue weighted by Crippen LogP contribution is -2.39. The summed E-state index contributed by atoms with van der Waals surface area (Å²) >= 11 is 1.69. The second kappa shape index (κ2) is 4.63. The van der Waals surface area contributed by atoms with Gasteiger partial charge in [-0.2, -0.15) is 11.8 Å². The molecule has 2 unspecified atom stereocenters. The number of hydrogen-bond donors (Lipinski definition) is 2. The molecular weight excluding hydrogens is 210 g/mol. The summed E-state index contributed by atoms with van der Waals surface area (Å²) in [5.41, 5.74) is 0. The van der Waals surface area contributed by atoms with Gasteiger partial charge in [0, 0.05) is 18.3 Å². The first-order valence-corrected chi connectivity index (χ1v) is 7.37. The van der Waals surface area contributed by atoms with Gasteiger partial charge in [-0.25, -0.2) is 8.42 Å². The molecule has 6 heteroatoms. The zero-order valence-electron chi connectivity index (χ0n) is 7.56. The minimum atomic E-state index is -3.00. The van der Waals surface area contributed by atoms with Crippen LogP contribution in [-0.4, -0.2) is 55.7 Å². The average Bonchev–Trinajstić information content (AvgIpc) is 2.25. The van der Waals surface area contributed by atoms with Gasteiger partial charge in [0.2, 0.25) is 0 Å². The fourth-order valence-corrected chi connectivity index (χ4v) is 3.47. The standard InChI is InChI=1S/C7H15NO3S2/c1-12-3-2-8-6-4-13(10,11)5-7(6)9/h6-9H,2-5H2,1H3. The van der Waals surface area contributed by atoms with Crippen molar-refractivity contribution in [3.05, 3.63) is 0 Å². The Balaban J connectivity index is 2.36. The maximum atomic E-state index is 11.1. The maximum absolute atomic E-state index is 11.1.